The quantitative estimate of drug-likeness (QED) is 0.667. The van der Waals surface area contributed by atoms with Gasteiger partial charge in [0.05, 0.1) is 0 Å². The van der Waals surface area contributed by atoms with Gasteiger partial charge in [0.2, 0.25) is 0 Å². The predicted molar refractivity (Wildman–Crippen MR) is 48.5 cm³/mol. The molecule has 69 valence electrons. The SMILES string of the molecule is CCCC1[CH]CCN(C(N)=O)C1. The van der Waals surface area contributed by atoms with Gasteiger partial charge in [0, 0.05) is 13.1 Å². The molecular formula is C9H17N2O. The van der Waals surface area contributed by atoms with Crippen molar-refractivity contribution in [2.24, 2.45) is 11.7 Å². The number of nitrogens with zero attached hydrogens (tertiary/aromatic N) is 1. The van der Waals surface area contributed by atoms with Crippen LogP contribution in [0.25, 0.3) is 0 Å². The van der Waals surface area contributed by atoms with Crippen LogP contribution >= 0.6 is 0 Å². The number of carbonyl (C=O) groups is 1. The Hall–Kier alpha value is -0.730. The minimum atomic E-state index is -0.274. The molecular weight excluding hydrogens is 152 g/mol. The van der Waals surface area contributed by atoms with Crippen LogP contribution in [0.5, 0.6) is 0 Å². The Morgan fingerprint density at radius 2 is 2.50 bits per heavy atom. The minimum absolute atomic E-state index is 0.274. The summed E-state index contributed by atoms with van der Waals surface area (Å²) < 4.78 is 0. The highest BCUT2D eigenvalue weighted by atomic mass is 16.2. The van der Waals surface area contributed by atoms with Crippen molar-refractivity contribution in [2.45, 2.75) is 26.2 Å². The van der Waals surface area contributed by atoms with Crippen LogP contribution in [-0.4, -0.2) is 24.0 Å². The zero-order valence-electron chi connectivity index (χ0n) is 7.62. The fraction of sp³-hybridized carbons (Fsp3) is 0.778. The number of likely N-dealkylation sites (tertiary alicyclic amines) is 1. The average molecular weight is 169 g/mol. The summed E-state index contributed by atoms with van der Waals surface area (Å²) in [7, 11) is 0. The van der Waals surface area contributed by atoms with Gasteiger partial charge in [0.15, 0.2) is 0 Å². The lowest BCUT2D eigenvalue weighted by atomic mass is 9.94. The van der Waals surface area contributed by atoms with E-state index < -0.39 is 0 Å². The molecule has 0 aromatic rings. The normalized spacial score (nSPS) is 24.1. The second-order valence-electron chi connectivity index (χ2n) is 3.36. The zero-order valence-corrected chi connectivity index (χ0v) is 7.62. The minimum Gasteiger partial charge on any atom is -0.351 e. The van der Waals surface area contributed by atoms with Gasteiger partial charge in [0.25, 0.3) is 0 Å². The third kappa shape index (κ3) is 2.40. The van der Waals surface area contributed by atoms with Crippen molar-refractivity contribution in [2.75, 3.05) is 13.1 Å². The van der Waals surface area contributed by atoms with Crippen LogP contribution in [0.3, 0.4) is 0 Å². The average Bonchev–Trinajstić information content (AvgIpc) is 2.05. The Bertz CT molecular complexity index is 157. The molecule has 1 heterocycles. The van der Waals surface area contributed by atoms with E-state index in [4.69, 9.17) is 5.73 Å². The van der Waals surface area contributed by atoms with Crippen LogP contribution in [-0.2, 0) is 0 Å². The number of urea groups is 1. The summed E-state index contributed by atoms with van der Waals surface area (Å²) in [5, 5.41) is 0. The standard InChI is InChI=1S/C9H17N2O/c1-2-4-8-5-3-6-11(7-8)9(10)12/h5,8H,2-4,6-7H2,1H3,(H2,10,12). The first-order valence-corrected chi connectivity index (χ1v) is 4.61. The molecule has 3 heteroatoms. The summed E-state index contributed by atoms with van der Waals surface area (Å²) in [5.41, 5.74) is 5.20. The molecule has 1 atom stereocenters. The molecule has 3 nitrogen and oxygen atoms in total. The van der Waals surface area contributed by atoms with Gasteiger partial charge in [-0.1, -0.05) is 13.3 Å². The molecule has 1 rings (SSSR count). The van der Waals surface area contributed by atoms with E-state index in [0.717, 1.165) is 19.5 Å². The van der Waals surface area contributed by atoms with E-state index in [2.05, 4.69) is 13.3 Å². The number of carbonyl (C=O) groups excluding carboxylic acids is 1. The Balaban J connectivity index is 2.35. The summed E-state index contributed by atoms with van der Waals surface area (Å²) in [6.07, 6.45) is 5.65. The number of rotatable bonds is 2. The molecule has 0 aromatic carbocycles. The van der Waals surface area contributed by atoms with E-state index in [-0.39, 0.29) is 6.03 Å². The van der Waals surface area contributed by atoms with Crippen molar-refractivity contribution >= 4 is 6.03 Å². The molecule has 12 heavy (non-hydrogen) atoms. The van der Waals surface area contributed by atoms with E-state index in [0.29, 0.717) is 5.92 Å². The summed E-state index contributed by atoms with van der Waals surface area (Å²) in [6.45, 7) is 3.79. The molecule has 0 aliphatic carbocycles. The summed E-state index contributed by atoms with van der Waals surface area (Å²) in [5.74, 6) is 0.566. The Morgan fingerprint density at radius 3 is 3.08 bits per heavy atom. The number of hydrogen-bond donors (Lipinski definition) is 1. The van der Waals surface area contributed by atoms with E-state index in [1.165, 1.54) is 12.8 Å². The monoisotopic (exact) mass is 169 g/mol. The van der Waals surface area contributed by atoms with E-state index in [1.807, 2.05) is 0 Å². The van der Waals surface area contributed by atoms with Gasteiger partial charge in [-0.2, -0.15) is 0 Å². The fourth-order valence-electron chi connectivity index (χ4n) is 1.70. The first-order valence-electron chi connectivity index (χ1n) is 4.61. The zero-order chi connectivity index (χ0) is 8.97. The maximum absolute atomic E-state index is 10.8. The Morgan fingerprint density at radius 1 is 1.75 bits per heavy atom. The first-order chi connectivity index (χ1) is 5.74. The number of nitrogens with two attached hydrogens (primary N) is 1. The molecule has 2 amide bonds. The lowest BCUT2D eigenvalue weighted by Gasteiger charge is -2.31. The van der Waals surface area contributed by atoms with Crippen LogP contribution in [0.1, 0.15) is 26.2 Å². The maximum atomic E-state index is 10.8. The first kappa shape index (κ1) is 9.36. The number of hydrogen-bond acceptors (Lipinski definition) is 1. The molecule has 1 unspecified atom stereocenters. The van der Waals surface area contributed by atoms with Crippen molar-refractivity contribution in [1.29, 1.82) is 0 Å². The molecule has 0 aromatic heterocycles. The topological polar surface area (TPSA) is 46.3 Å². The molecule has 0 bridgehead atoms. The second-order valence-corrected chi connectivity index (χ2v) is 3.36. The van der Waals surface area contributed by atoms with Gasteiger partial charge < -0.3 is 10.6 Å². The Kier molecular flexibility index (Phi) is 3.38. The Labute approximate surface area is 73.9 Å². The van der Waals surface area contributed by atoms with Crippen molar-refractivity contribution < 1.29 is 4.79 Å². The fourth-order valence-corrected chi connectivity index (χ4v) is 1.70. The molecule has 2 N–H and O–H groups in total. The number of piperidine rings is 1. The molecule has 0 saturated carbocycles. The lowest BCUT2D eigenvalue weighted by molar-refractivity contribution is 0.187. The van der Waals surface area contributed by atoms with Crippen LogP contribution in [0, 0.1) is 12.3 Å². The third-order valence-corrected chi connectivity index (χ3v) is 2.33. The van der Waals surface area contributed by atoms with E-state index in [9.17, 15) is 4.79 Å². The van der Waals surface area contributed by atoms with Gasteiger partial charge >= 0.3 is 6.03 Å². The molecule has 1 radical (unpaired) electrons. The molecule has 1 saturated heterocycles. The van der Waals surface area contributed by atoms with Crippen LogP contribution in [0.4, 0.5) is 4.79 Å². The highest BCUT2D eigenvalue weighted by molar-refractivity contribution is 5.72. The molecule has 1 aliphatic heterocycles. The van der Waals surface area contributed by atoms with Crippen molar-refractivity contribution in [3.63, 3.8) is 0 Å². The largest absolute Gasteiger partial charge is 0.351 e. The van der Waals surface area contributed by atoms with Gasteiger partial charge in [-0.15, -0.1) is 0 Å². The number of primary amides is 1. The third-order valence-electron chi connectivity index (χ3n) is 2.33. The molecule has 0 spiro atoms. The van der Waals surface area contributed by atoms with E-state index in [1.54, 1.807) is 4.90 Å². The summed E-state index contributed by atoms with van der Waals surface area (Å²) >= 11 is 0. The highest BCUT2D eigenvalue weighted by Gasteiger charge is 2.21. The lowest BCUT2D eigenvalue weighted by Crippen LogP contribution is -2.43. The predicted octanol–water partition coefficient (Wildman–Crippen LogP) is 1.39. The summed E-state index contributed by atoms with van der Waals surface area (Å²) in [4.78, 5) is 12.6. The van der Waals surface area contributed by atoms with Gasteiger partial charge in [-0.3, -0.25) is 0 Å². The second kappa shape index (κ2) is 4.33. The maximum Gasteiger partial charge on any atom is 0.314 e. The van der Waals surface area contributed by atoms with E-state index >= 15 is 0 Å². The molecule has 1 aliphatic rings. The van der Waals surface area contributed by atoms with Gasteiger partial charge in [-0.25, -0.2) is 4.79 Å². The van der Waals surface area contributed by atoms with Crippen LogP contribution < -0.4 is 5.73 Å². The highest BCUT2D eigenvalue weighted by Crippen LogP contribution is 2.19. The molecule has 1 fully saturated rings. The van der Waals surface area contributed by atoms with Gasteiger partial charge in [0.1, 0.15) is 0 Å². The van der Waals surface area contributed by atoms with Crippen LogP contribution in [0.15, 0.2) is 0 Å². The van der Waals surface area contributed by atoms with Crippen molar-refractivity contribution in [3.05, 3.63) is 6.42 Å². The van der Waals surface area contributed by atoms with Crippen LogP contribution in [0.2, 0.25) is 0 Å². The number of amides is 2. The smallest absolute Gasteiger partial charge is 0.314 e. The van der Waals surface area contributed by atoms with Gasteiger partial charge in [-0.05, 0) is 25.2 Å². The van der Waals surface area contributed by atoms with Crippen molar-refractivity contribution in [1.82, 2.24) is 4.90 Å². The van der Waals surface area contributed by atoms with Crippen molar-refractivity contribution in [3.8, 4) is 0 Å². The summed E-state index contributed by atoms with van der Waals surface area (Å²) in [6, 6.07) is -0.274.